The zero-order valence-corrected chi connectivity index (χ0v) is 15.5. The molecule has 3 rings (SSSR count). The Hall–Kier alpha value is -3.81. The number of hydrogen-bond donors (Lipinski definition) is 2. The van der Waals surface area contributed by atoms with Crippen LogP contribution in [0.4, 0.5) is 0 Å². The molecule has 2 aromatic carbocycles. The maximum atomic E-state index is 12.4. The number of rotatable bonds is 7. The number of nitrogens with zero attached hydrogens (tertiary/aromatic N) is 1. The summed E-state index contributed by atoms with van der Waals surface area (Å²) in [6.07, 6.45) is 3.08. The third kappa shape index (κ3) is 3.27. The smallest absolute Gasteiger partial charge is 0.339 e. The van der Waals surface area contributed by atoms with E-state index in [1.807, 2.05) is 0 Å². The first-order valence-electron chi connectivity index (χ1n) is 8.22. The summed E-state index contributed by atoms with van der Waals surface area (Å²) in [5.74, 6) is -0.597. The van der Waals surface area contributed by atoms with Crippen molar-refractivity contribution >= 4 is 11.8 Å². The van der Waals surface area contributed by atoms with Crippen LogP contribution in [-0.4, -0.2) is 48.2 Å². The predicted molar refractivity (Wildman–Crippen MR) is 101 cm³/mol. The standard InChI is InChI=1S/C20H18N2O6/c1-26-16-13(10-14(20(24)25)17(27-2)18(16)28-3)11-4-6-12(7-5-11)15(23)19-21-8-9-22-19/h4-10H,1-3H3,(H,21,22)(H,24,25). The van der Waals surface area contributed by atoms with Crippen molar-refractivity contribution in [2.24, 2.45) is 0 Å². The molecule has 2 N–H and O–H groups in total. The van der Waals surface area contributed by atoms with E-state index in [4.69, 9.17) is 14.2 Å². The fourth-order valence-corrected chi connectivity index (χ4v) is 2.91. The Kier molecular flexibility index (Phi) is 5.30. The molecular formula is C20H18N2O6. The number of H-pyrrole nitrogens is 1. The van der Waals surface area contributed by atoms with Crippen LogP contribution < -0.4 is 14.2 Å². The highest BCUT2D eigenvalue weighted by molar-refractivity contribution is 6.06. The van der Waals surface area contributed by atoms with E-state index < -0.39 is 5.97 Å². The van der Waals surface area contributed by atoms with Crippen LogP contribution in [0.2, 0.25) is 0 Å². The summed E-state index contributed by atoms with van der Waals surface area (Å²) in [4.78, 5) is 30.8. The molecule has 0 fully saturated rings. The Bertz CT molecular complexity index is 1010. The molecule has 144 valence electrons. The van der Waals surface area contributed by atoms with Gasteiger partial charge in [0.15, 0.2) is 17.3 Å². The summed E-state index contributed by atoms with van der Waals surface area (Å²) in [6, 6.07) is 8.12. The maximum absolute atomic E-state index is 12.4. The van der Waals surface area contributed by atoms with E-state index >= 15 is 0 Å². The van der Waals surface area contributed by atoms with Gasteiger partial charge in [0.1, 0.15) is 5.56 Å². The number of carboxylic acid groups (broad SMARTS) is 1. The second kappa shape index (κ2) is 7.83. The average Bonchev–Trinajstić information content (AvgIpc) is 3.26. The normalized spacial score (nSPS) is 10.4. The van der Waals surface area contributed by atoms with E-state index in [9.17, 15) is 14.7 Å². The molecule has 1 aromatic heterocycles. The van der Waals surface area contributed by atoms with E-state index in [0.29, 0.717) is 22.4 Å². The highest BCUT2D eigenvalue weighted by Crippen LogP contribution is 2.46. The number of aromatic amines is 1. The number of benzene rings is 2. The van der Waals surface area contributed by atoms with Gasteiger partial charge in [0.05, 0.1) is 21.3 Å². The highest BCUT2D eigenvalue weighted by atomic mass is 16.5. The fraction of sp³-hybridized carbons (Fsp3) is 0.150. The van der Waals surface area contributed by atoms with Gasteiger partial charge in [-0.25, -0.2) is 9.78 Å². The van der Waals surface area contributed by atoms with Crippen molar-refractivity contribution in [2.45, 2.75) is 0 Å². The van der Waals surface area contributed by atoms with Crippen molar-refractivity contribution in [1.82, 2.24) is 9.97 Å². The second-order valence-corrected chi connectivity index (χ2v) is 5.72. The van der Waals surface area contributed by atoms with Gasteiger partial charge in [0.25, 0.3) is 0 Å². The molecule has 0 amide bonds. The van der Waals surface area contributed by atoms with Crippen LogP contribution in [-0.2, 0) is 0 Å². The van der Waals surface area contributed by atoms with Gasteiger partial charge >= 0.3 is 5.97 Å². The van der Waals surface area contributed by atoms with E-state index in [1.165, 1.54) is 33.6 Å². The van der Waals surface area contributed by atoms with Crippen LogP contribution in [0.5, 0.6) is 17.2 Å². The number of carboxylic acids is 1. The molecule has 8 nitrogen and oxygen atoms in total. The van der Waals surface area contributed by atoms with Gasteiger partial charge in [0, 0.05) is 23.5 Å². The summed E-state index contributed by atoms with van der Waals surface area (Å²) >= 11 is 0. The Balaban J connectivity index is 2.11. The number of aromatic carboxylic acids is 1. The van der Waals surface area contributed by atoms with Gasteiger partial charge in [-0.15, -0.1) is 0 Å². The van der Waals surface area contributed by atoms with Crippen LogP contribution >= 0.6 is 0 Å². The van der Waals surface area contributed by atoms with Crippen molar-refractivity contribution in [1.29, 1.82) is 0 Å². The molecule has 0 saturated heterocycles. The van der Waals surface area contributed by atoms with Crippen LogP contribution in [0, 0.1) is 0 Å². The average molecular weight is 382 g/mol. The van der Waals surface area contributed by atoms with Gasteiger partial charge < -0.3 is 24.3 Å². The molecule has 0 bridgehead atoms. The number of nitrogens with one attached hydrogen (secondary N) is 1. The summed E-state index contributed by atoms with van der Waals surface area (Å²) in [7, 11) is 4.22. The summed E-state index contributed by atoms with van der Waals surface area (Å²) in [6.45, 7) is 0. The molecule has 0 unspecified atom stereocenters. The number of carbonyl (C=O) groups is 2. The Morgan fingerprint density at radius 3 is 2.11 bits per heavy atom. The quantitative estimate of drug-likeness (QED) is 0.604. The first-order valence-corrected chi connectivity index (χ1v) is 8.22. The van der Waals surface area contributed by atoms with E-state index in [0.717, 1.165) is 0 Å². The van der Waals surface area contributed by atoms with Crippen molar-refractivity contribution in [3.63, 3.8) is 0 Å². The van der Waals surface area contributed by atoms with Crippen LogP contribution in [0.3, 0.4) is 0 Å². The topological polar surface area (TPSA) is 111 Å². The molecule has 1 heterocycles. The maximum Gasteiger partial charge on any atom is 0.339 e. The summed E-state index contributed by atoms with van der Waals surface area (Å²) in [5.41, 5.74) is 1.52. The van der Waals surface area contributed by atoms with Crippen LogP contribution in [0.1, 0.15) is 26.5 Å². The van der Waals surface area contributed by atoms with E-state index in [2.05, 4.69) is 9.97 Å². The molecule has 8 heteroatoms. The molecular weight excluding hydrogens is 364 g/mol. The zero-order chi connectivity index (χ0) is 20.3. The molecule has 0 spiro atoms. The molecule has 3 aromatic rings. The SMILES string of the molecule is COc1c(C(=O)O)cc(-c2ccc(C(=O)c3ncc[nH]3)cc2)c(OC)c1OC. The van der Waals surface area contributed by atoms with Gasteiger partial charge in [-0.05, 0) is 11.6 Å². The first kappa shape index (κ1) is 19.0. The van der Waals surface area contributed by atoms with Gasteiger partial charge in [-0.3, -0.25) is 4.79 Å². The van der Waals surface area contributed by atoms with E-state index in [1.54, 1.807) is 30.5 Å². The number of ether oxygens (including phenoxy) is 3. The Labute approximate surface area is 160 Å². The lowest BCUT2D eigenvalue weighted by Crippen LogP contribution is -2.06. The molecule has 0 aliphatic carbocycles. The Morgan fingerprint density at radius 1 is 0.964 bits per heavy atom. The van der Waals surface area contributed by atoms with Crippen LogP contribution in [0.15, 0.2) is 42.7 Å². The minimum atomic E-state index is -1.16. The molecule has 0 atom stereocenters. The third-order valence-electron chi connectivity index (χ3n) is 4.20. The summed E-state index contributed by atoms with van der Waals surface area (Å²) < 4.78 is 16.0. The third-order valence-corrected chi connectivity index (χ3v) is 4.20. The predicted octanol–water partition coefficient (Wildman–Crippen LogP) is 3.03. The number of carbonyl (C=O) groups excluding carboxylic acids is 1. The number of ketones is 1. The molecule has 0 radical (unpaired) electrons. The van der Waals surface area contributed by atoms with Gasteiger partial charge in [0.2, 0.25) is 11.5 Å². The lowest BCUT2D eigenvalue weighted by atomic mass is 9.98. The van der Waals surface area contributed by atoms with Crippen molar-refractivity contribution < 1.29 is 28.9 Å². The number of imidazole rings is 1. The second-order valence-electron chi connectivity index (χ2n) is 5.72. The minimum Gasteiger partial charge on any atom is -0.492 e. The molecule has 28 heavy (non-hydrogen) atoms. The van der Waals surface area contributed by atoms with Crippen molar-refractivity contribution in [3.8, 4) is 28.4 Å². The number of hydrogen-bond acceptors (Lipinski definition) is 6. The fourth-order valence-electron chi connectivity index (χ4n) is 2.91. The monoisotopic (exact) mass is 382 g/mol. The Morgan fingerprint density at radius 2 is 1.61 bits per heavy atom. The molecule has 0 aliphatic heterocycles. The van der Waals surface area contributed by atoms with Crippen molar-refractivity contribution in [3.05, 3.63) is 59.7 Å². The minimum absolute atomic E-state index is 0.0640. The lowest BCUT2D eigenvalue weighted by molar-refractivity contribution is 0.0692. The highest BCUT2D eigenvalue weighted by Gasteiger charge is 2.25. The molecule has 0 aliphatic rings. The number of methoxy groups -OCH3 is 3. The van der Waals surface area contributed by atoms with Gasteiger partial charge in [-0.1, -0.05) is 24.3 Å². The van der Waals surface area contributed by atoms with Gasteiger partial charge in [-0.2, -0.15) is 0 Å². The largest absolute Gasteiger partial charge is 0.492 e. The van der Waals surface area contributed by atoms with Crippen molar-refractivity contribution in [2.75, 3.05) is 21.3 Å². The molecule has 0 saturated carbocycles. The van der Waals surface area contributed by atoms with E-state index in [-0.39, 0.29) is 28.7 Å². The number of aromatic nitrogens is 2. The van der Waals surface area contributed by atoms with Crippen LogP contribution in [0.25, 0.3) is 11.1 Å². The zero-order valence-electron chi connectivity index (χ0n) is 15.5. The first-order chi connectivity index (χ1) is 13.5. The summed E-state index contributed by atoms with van der Waals surface area (Å²) in [5, 5.41) is 9.54. The lowest BCUT2D eigenvalue weighted by Gasteiger charge is -2.18.